The molecule has 1 atom stereocenters. The second-order valence-corrected chi connectivity index (χ2v) is 10.1. The van der Waals surface area contributed by atoms with E-state index in [4.69, 9.17) is 4.74 Å². The molecule has 168 valence electrons. The van der Waals surface area contributed by atoms with E-state index >= 15 is 0 Å². The van der Waals surface area contributed by atoms with Crippen molar-refractivity contribution in [3.05, 3.63) is 46.9 Å². The molecule has 1 saturated carbocycles. The number of piperazine rings is 1. The topological polar surface area (TPSA) is 50.6 Å². The Bertz CT molecular complexity index is 890. The lowest BCUT2D eigenvalue weighted by Gasteiger charge is -2.36. The third-order valence-corrected chi connectivity index (χ3v) is 7.36. The number of ether oxygens (including phenoxy) is 1. The van der Waals surface area contributed by atoms with Crippen LogP contribution in [-0.4, -0.2) is 51.6 Å². The van der Waals surface area contributed by atoms with Gasteiger partial charge in [0.1, 0.15) is 5.69 Å². The van der Waals surface area contributed by atoms with E-state index in [1.165, 1.54) is 30.4 Å². The van der Waals surface area contributed by atoms with E-state index in [9.17, 15) is 4.79 Å². The summed E-state index contributed by atoms with van der Waals surface area (Å²) in [7, 11) is 0. The van der Waals surface area contributed by atoms with Gasteiger partial charge in [0.15, 0.2) is 0 Å². The van der Waals surface area contributed by atoms with Crippen molar-refractivity contribution < 1.29 is 4.74 Å². The highest BCUT2D eigenvalue weighted by Gasteiger charge is 2.27. The first-order valence-corrected chi connectivity index (χ1v) is 12.5. The largest absolute Gasteiger partial charge is 0.483 e. The molecule has 4 rings (SSSR count). The predicted molar refractivity (Wildman–Crippen MR) is 128 cm³/mol. The molecule has 2 heterocycles. The summed E-state index contributed by atoms with van der Waals surface area (Å²) in [5.41, 5.74) is 1.45. The summed E-state index contributed by atoms with van der Waals surface area (Å²) < 4.78 is 10.3. The van der Waals surface area contributed by atoms with Gasteiger partial charge in [0.05, 0.1) is 18.0 Å². The summed E-state index contributed by atoms with van der Waals surface area (Å²) in [5.74, 6) is 0.464. The summed E-state index contributed by atoms with van der Waals surface area (Å²) >= 11 is 1.97. The first-order chi connectivity index (χ1) is 15.2. The number of hydrogen-bond donors (Lipinski definition) is 0. The number of benzene rings is 1. The van der Waals surface area contributed by atoms with Crippen LogP contribution >= 0.6 is 11.9 Å². The van der Waals surface area contributed by atoms with Crippen LogP contribution in [0.5, 0.6) is 5.75 Å². The standard InChI is InChI=1S/C24H34N4O2S/c1-3-9-19(2)31-27-16-14-26(15-17-27)22-18-25-28(20-10-5-4-6-11-20)24(29)23(22)30-21-12-7-8-13-21/h4-6,10-11,18-19,21H,3,7-9,12-17H2,1-2H3. The molecule has 1 aromatic heterocycles. The lowest BCUT2D eigenvalue weighted by molar-refractivity contribution is 0.205. The van der Waals surface area contributed by atoms with Gasteiger partial charge in [-0.05, 0) is 44.2 Å². The fourth-order valence-electron chi connectivity index (χ4n) is 4.44. The van der Waals surface area contributed by atoms with Gasteiger partial charge in [-0.25, -0.2) is 4.31 Å². The maximum atomic E-state index is 13.4. The normalized spacial score (nSPS) is 19.0. The van der Waals surface area contributed by atoms with E-state index in [-0.39, 0.29) is 11.7 Å². The lowest BCUT2D eigenvalue weighted by Crippen LogP contribution is -2.45. The first-order valence-electron chi connectivity index (χ1n) is 11.7. The SMILES string of the molecule is CCCC(C)SN1CCN(c2cnn(-c3ccccc3)c(=O)c2OC2CCCC2)CC1. The van der Waals surface area contributed by atoms with Crippen molar-refractivity contribution in [2.45, 2.75) is 63.7 Å². The molecule has 1 aliphatic heterocycles. The van der Waals surface area contributed by atoms with Crippen molar-refractivity contribution in [2.24, 2.45) is 0 Å². The zero-order chi connectivity index (χ0) is 21.6. The van der Waals surface area contributed by atoms with Crippen LogP contribution in [0.2, 0.25) is 0 Å². The van der Waals surface area contributed by atoms with Crippen LogP contribution in [0.25, 0.3) is 5.69 Å². The number of rotatable bonds is 8. The summed E-state index contributed by atoms with van der Waals surface area (Å²) in [6.07, 6.45) is 8.79. The Hall–Kier alpha value is -1.99. The van der Waals surface area contributed by atoms with Crippen LogP contribution in [-0.2, 0) is 0 Å². The van der Waals surface area contributed by atoms with Gasteiger partial charge in [-0.3, -0.25) is 4.79 Å². The fourth-order valence-corrected chi connectivity index (χ4v) is 5.66. The second-order valence-electron chi connectivity index (χ2n) is 8.56. The smallest absolute Gasteiger partial charge is 0.316 e. The van der Waals surface area contributed by atoms with Crippen molar-refractivity contribution in [1.82, 2.24) is 14.1 Å². The van der Waals surface area contributed by atoms with Crippen LogP contribution in [0.1, 0.15) is 52.4 Å². The van der Waals surface area contributed by atoms with Gasteiger partial charge in [-0.2, -0.15) is 9.78 Å². The molecule has 1 aromatic carbocycles. The van der Waals surface area contributed by atoms with Crippen molar-refractivity contribution in [1.29, 1.82) is 0 Å². The van der Waals surface area contributed by atoms with Crippen LogP contribution in [0.3, 0.4) is 0 Å². The fraction of sp³-hybridized carbons (Fsp3) is 0.583. The highest BCUT2D eigenvalue weighted by Crippen LogP contribution is 2.31. The molecule has 1 unspecified atom stereocenters. The van der Waals surface area contributed by atoms with Gasteiger partial charge in [0, 0.05) is 31.4 Å². The van der Waals surface area contributed by atoms with Crippen molar-refractivity contribution >= 4 is 17.6 Å². The quantitative estimate of drug-likeness (QED) is 0.561. The monoisotopic (exact) mass is 442 g/mol. The molecule has 2 aromatic rings. The molecule has 0 bridgehead atoms. The number of anilines is 1. The molecule has 0 spiro atoms. The molecule has 0 radical (unpaired) electrons. The highest BCUT2D eigenvalue weighted by molar-refractivity contribution is 7.97. The van der Waals surface area contributed by atoms with E-state index in [1.54, 1.807) is 0 Å². The Labute approximate surface area is 189 Å². The molecule has 6 nitrogen and oxygen atoms in total. The predicted octanol–water partition coefficient (Wildman–Crippen LogP) is 4.51. The molecule has 0 amide bonds. The number of hydrogen-bond acceptors (Lipinski definition) is 6. The minimum atomic E-state index is -0.163. The summed E-state index contributed by atoms with van der Waals surface area (Å²) in [4.78, 5) is 15.7. The maximum Gasteiger partial charge on any atom is 0.316 e. The number of para-hydroxylation sites is 1. The van der Waals surface area contributed by atoms with Crippen molar-refractivity contribution in [3.63, 3.8) is 0 Å². The Morgan fingerprint density at radius 2 is 1.84 bits per heavy atom. The Kier molecular flexibility index (Phi) is 7.56. The summed E-state index contributed by atoms with van der Waals surface area (Å²) in [6, 6.07) is 9.59. The molecule has 1 saturated heterocycles. The molecular weight excluding hydrogens is 408 g/mol. The molecule has 2 fully saturated rings. The Morgan fingerprint density at radius 3 is 2.52 bits per heavy atom. The minimum absolute atomic E-state index is 0.129. The van der Waals surface area contributed by atoms with E-state index in [1.807, 2.05) is 48.5 Å². The van der Waals surface area contributed by atoms with E-state index in [2.05, 4.69) is 28.2 Å². The first kappa shape index (κ1) is 22.2. The summed E-state index contributed by atoms with van der Waals surface area (Å²) in [6.45, 7) is 8.26. The maximum absolute atomic E-state index is 13.4. The van der Waals surface area contributed by atoms with Gasteiger partial charge in [-0.15, -0.1) is 0 Å². The Morgan fingerprint density at radius 1 is 1.13 bits per heavy atom. The zero-order valence-electron chi connectivity index (χ0n) is 18.7. The van der Waals surface area contributed by atoms with Crippen LogP contribution in [0.4, 0.5) is 5.69 Å². The average molecular weight is 443 g/mol. The summed E-state index contributed by atoms with van der Waals surface area (Å²) in [5, 5.41) is 5.16. The third kappa shape index (κ3) is 5.44. The van der Waals surface area contributed by atoms with Crippen molar-refractivity contribution in [2.75, 3.05) is 31.1 Å². The van der Waals surface area contributed by atoms with Crippen LogP contribution < -0.4 is 15.2 Å². The van der Waals surface area contributed by atoms with Gasteiger partial charge in [-0.1, -0.05) is 50.4 Å². The molecule has 2 aliphatic rings. The van der Waals surface area contributed by atoms with E-state index in [0.29, 0.717) is 11.0 Å². The zero-order valence-corrected chi connectivity index (χ0v) is 19.5. The molecule has 1 aliphatic carbocycles. The number of nitrogens with zero attached hydrogens (tertiary/aromatic N) is 4. The molecular formula is C24H34N4O2S. The van der Waals surface area contributed by atoms with Gasteiger partial charge in [0.2, 0.25) is 5.75 Å². The van der Waals surface area contributed by atoms with Gasteiger partial charge >= 0.3 is 5.56 Å². The van der Waals surface area contributed by atoms with Gasteiger partial charge < -0.3 is 9.64 Å². The third-order valence-electron chi connectivity index (χ3n) is 6.11. The number of aromatic nitrogens is 2. The van der Waals surface area contributed by atoms with Crippen molar-refractivity contribution in [3.8, 4) is 11.4 Å². The van der Waals surface area contributed by atoms with Crippen LogP contribution in [0, 0.1) is 0 Å². The Balaban J connectivity index is 1.55. The van der Waals surface area contributed by atoms with Crippen LogP contribution in [0.15, 0.2) is 41.3 Å². The average Bonchev–Trinajstić information content (AvgIpc) is 3.30. The van der Waals surface area contributed by atoms with Gasteiger partial charge in [0.25, 0.3) is 0 Å². The molecule has 7 heteroatoms. The second kappa shape index (κ2) is 10.6. The highest BCUT2D eigenvalue weighted by atomic mass is 32.2. The van der Waals surface area contributed by atoms with E-state index < -0.39 is 0 Å². The lowest BCUT2D eigenvalue weighted by atomic mass is 10.2. The molecule has 31 heavy (non-hydrogen) atoms. The minimum Gasteiger partial charge on any atom is -0.483 e. The molecule has 0 N–H and O–H groups in total. The van der Waals surface area contributed by atoms with E-state index in [0.717, 1.165) is 50.4 Å².